The van der Waals surface area contributed by atoms with E-state index in [9.17, 15) is 14.0 Å². The van der Waals surface area contributed by atoms with Crippen LogP contribution in [-0.2, 0) is 22.4 Å². The second-order valence-electron chi connectivity index (χ2n) is 7.94. The first-order valence-electron chi connectivity index (χ1n) is 11.2. The van der Waals surface area contributed by atoms with Gasteiger partial charge in [-0.25, -0.2) is 4.39 Å². The molecule has 1 rings (SSSR count). The number of unbranched alkanes of at least 4 members (excludes halogenated alkanes) is 10. The van der Waals surface area contributed by atoms with Crippen molar-refractivity contribution < 1.29 is 24.2 Å². The predicted molar refractivity (Wildman–Crippen MR) is 114 cm³/mol. The summed E-state index contributed by atoms with van der Waals surface area (Å²) in [5.74, 6) is -1.61. The Morgan fingerprint density at radius 2 is 1.03 bits per heavy atom. The van der Waals surface area contributed by atoms with Crippen LogP contribution in [0.1, 0.15) is 101 Å². The van der Waals surface area contributed by atoms with Crippen molar-refractivity contribution in [2.24, 2.45) is 0 Å². The van der Waals surface area contributed by atoms with Gasteiger partial charge in [0.15, 0.2) is 0 Å². The molecule has 0 amide bonds. The van der Waals surface area contributed by atoms with Crippen molar-refractivity contribution in [1.29, 1.82) is 0 Å². The van der Waals surface area contributed by atoms with Crippen molar-refractivity contribution in [3.05, 3.63) is 35.1 Å². The standard InChI is InChI=1S/C24H37FO4/c25-22-18-17-20(13-9-5-1-3-7-11-15-23(26)27)21(19-22)14-10-6-2-4-8-12-16-24(28)29/h17-19H,1-16H2,(H,26,27)(H,28,29). The van der Waals surface area contributed by atoms with Crippen LogP contribution in [0.2, 0.25) is 0 Å². The highest BCUT2D eigenvalue weighted by atomic mass is 19.1. The minimum Gasteiger partial charge on any atom is -0.481 e. The Labute approximate surface area is 174 Å². The largest absolute Gasteiger partial charge is 0.481 e. The van der Waals surface area contributed by atoms with Crippen LogP contribution in [0.25, 0.3) is 0 Å². The smallest absolute Gasteiger partial charge is 0.303 e. The van der Waals surface area contributed by atoms with Crippen LogP contribution in [0.5, 0.6) is 0 Å². The van der Waals surface area contributed by atoms with Gasteiger partial charge in [0.1, 0.15) is 5.82 Å². The normalized spacial score (nSPS) is 10.9. The number of rotatable bonds is 18. The summed E-state index contributed by atoms with van der Waals surface area (Å²) in [5, 5.41) is 17.2. The van der Waals surface area contributed by atoms with Gasteiger partial charge >= 0.3 is 11.9 Å². The highest BCUT2D eigenvalue weighted by Crippen LogP contribution is 2.19. The summed E-state index contributed by atoms with van der Waals surface area (Å²) in [6, 6.07) is 5.14. The maximum Gasteiger partial charge on any atom is 0.303 e. The molecule has 0 bridgehead atoms. The number of halogens is 1. The van der Waals surface area contributed by atoms with Crippen LogP contribution in [0.4, 0.5) is 4.39 Å². The SMILES string of the molecule is O=C(O)CCCCCCCCc1ccc(F)cc1CCCCCCCCC(=O)O. The number of carboxylic acids is 2. The molecular formula is C24H37FO4. The molecule has 1 aromatic carbocycles. The Balaban J connectivity index is 2.19. The van der Waals surface area contributed by atoms with Gasteiger partial charge in [-0.05, 0) is 61.8 Å². The third-order valence-corrected chi connectivity index (χ3v) is 5.34. The fourth-order valence-corrected chi connectivity index (χ4v) is 3.67. The zero-order chi connectivity index (χ0) is 21.3. The maximum atomic E-state index is 13.7. The molecule has 5 heteroatoms. The summed E-state index contributed by atoms with van der Waals surface area (Å²) < 4.78 is 13.7. The molecule has 2 N–H and O–H groups in total. The van der Waals surface area contributed by atoms with Gasteiger partial charge in [-0.1, -0.05) is 57.4 Å². The van der Waals surface area contributed by atoms with E-state index < -0.39 is 11.9 Å². The summed E-state index contributed by atoms with van der Waals surface area (Å²) >= 11 is 0. The van der Waals surface area contributed by atoms with Crippen molar-refractivity contribution in [2.75, 3.05) is 0 Å². The van der Waals surface area contributed by atoms with E-state index >= 15 is 0 Å². The zero-order valence-electron chi connectivity index (χ0n) is 17.6. The molecule has 0 fully saturated rings. The molecule has 0 radical (unpaired) electrons. The first kappa shape index (κ1) is 25.1. The van der Waals surface area contributed by atoms with Gasteiger partial charge in [-0.3, -0.25) is 9.59 Å². The van der Waals surface area contributed by atoms with Gasteiger partial charge in [0, 0.05) is 12.8 Å². The lowest BCUT2D eigenvalue weighted by molar-refractivity contribution is -0.138. The Morgan fingerprint density at radius 1 is 0.621 bits per heavy atom. The Bertz CT molecular complexity index is 601. The molecule has 29 heavy (non-hydrogen) atoms. The fourth-order valence-electron chi connectivity index (χ4n) is 3.67. The number of benzene rings is 1. The van der Waals surface area contributed by atoms with Crippen LogP contribution >= 0.6 is 0 Å². The second-order valence-corrected chi connectivity index (χ2v) is 7.94. The van der Waals surface area contributed by atoms with E-state index in [1.807, 2.05) is 6.07 Å². The Morgan fingerprint density at radius 3 is 1.52 bits per heavy atom. The van der Waals surface area contributed by atoms with E-state index in [0.29, 0.717) is 0 Å². The number of carbonyl (C=O) groups is 2. The average molecular weight is 409 g/mol. The van der Waals surface area contributed by atoms with Crippen LogP contribution < -0.4 is 0 Å². The van der Waals surface area contributed by atoms with Crippen molar-refractivity contribution >= 4 is 11.9 Å². The summed E-state index contributed by atoms with van der Waals surface area (Å²) in [4.78, 5) is 21.0. The lowest BCUT2D eigenvalue weighted by atomic mass is 9.96. The van der Waals surface area contributed by atoms with Crippen LogP contribution in [0.3, 0.4) is 0 Å². The zero-order valence-corrected chi connectivity index (χ0v) is 17.6. The maximum absolute atomic E-state index is 13.7. The number of aliphatic carboxylic acids is 2. The van der Waals surface area contributed by atoms with E-state index in [1.165, 1.54) is 5.56 Å². The Kier molecular flexibility index (Phi) is 13.8. The van der Waals surface area contributed by atoms with Crippen LogP contribution in [0.15, 0.2) is 18.2 Å². The van der Waals surface area contributed by atoms with Gasteiger partial charge in [0.2, 0.25) is 0 Å². The molecule has 0 aromatic heterocycles. The second kappa shape index (κ2) is 15.9. The molecule has 0 atom stereocenters. The molecule has 0 unspecified atom stereocenters. The van der Waals surface area contributed by atoms with Crippen molar-refractivity contribution in [2.45, 2.75) is 103 Å². The minimum atomic E-state index is -0.721. The molecule has 1 aromatic rings. The van der Waals surface area contributed by atoms with Crippen LogP contribution in [0, 0.1) is 5.82 Å². The molecule has 0 aliphatic carbocycles. The van der Waals surface area contributed by atoms with Gasteiger partial charge < -0.3 is 10.2 Å². The average Bonchev–Trinajstić information content (AvgIpc) is 2.66. The van der Waals surface area contributed by atoms with Crippen molar-refractivity contribution in [3.8, 4) is 0 Å². The molecule has 164 valence electrons. The highest BCUT2D eigenvalue weighted by molar-refractivity contribution is 5.66. The van der Waals surface area contributed by atoms with Gasteiger partial charge in [-0.2, -0.15) is 0 Å². The van der Waals surface area contributed by atoms with Crippen molar-refractivity contribution in [3.63, 3.8) is 0 Å². The molecular weight excluding hydrogens is 371 g/mol. The molecule has 0 saturated carbocycles. The topological polar surface area (TPSA) is 74.6 Å². The first-order valence-corrected chi connectivity index (χ1v) is 11.2. The predicted octanol–water partition coefficient (Wildman–Crippen LogP) is 6.54. The molecule has 0 heterocycles. The number of carboxylic acid groups (broad SMARTS) is 2. The third-order valence-electron chi connectivity index (χ3n) is 5.34. The molecule has 0 aliphatic rings. The lowest BCUT2D eigenvalue weighted by Gasteiger charge is -2.10. The van der Waals surface area contributed by atoms with Crippen molar-refractivity contribution in [1.82, 2.24) is 0 Å². The number of hydrogen-bond donors (Lipinski definition) is 2. The summed E-state index contributed by atoms with van der Waals surface area (Å²) in [6.45, 7) is 0. The fraction of sp³-hybridized carbons (Fsp3) is 0.667. The molecule has 4 nitrogen and oxygen atoms in total. The van der Waals surface area contributed by atoms with Gasteiger partial charge in [0.25, 0.3) is 0 Å². The highest BCUT2D eigenvalue weighted by Gasteiger charge is 2.05. The summed E-state index contributed by atoms with van der Waals surface area (Å²) in [5.41, 5.74) is 2.37. The lowest BCUT2D eigenvalue weighted by Crippen LogP contribution is -1.97. The molecule has 0 aliphatic heterocycles. The summed E-state index contributed by atoms with van der Waals surface area (Å²) in [7, 11) is 0. The first-order chi connectivity index (χ1) is 14.0. The van der Waals surface area contributed by atoms with E-state index in [0.717, 1.165) is 95.5 Å². The number of aryl methyl sites for hydroxylation is 2. The Hall–Kier alpha value is -1.91. The van der Waals surface area contributed by atoms with E-state index in [1.54, 1.807) is 12.1 Å². The minimum absolute atomic E-state index is 0.171. The quantitative estimate of drug-likeness (QED) is 0.270. The molecule has 0 spiro atoms. The van der Waals surface area contributed by atoms with E-state index in [2.05, 4.69) is 0 Å². The van der Waals surface area contributed by atoms with E-state index in [4.69, 9.17) is 10.2 Å². The van der Waals surface area contributed by atoms with E-state index in [-0.39, 0.29) is 18.7 Å². The number of hydrogen-bond acceptors (Lipinski definition) is 2. The molecule has 0 saturated heterocycles. The summed E-state index contributed by atoms with van der Waals surface area (Å²) in [6.07, 6.45) is 14.6. The monoisotopic (exact) mass is 408 g/mol. The third kappa shape index (κ3) is 13.8. The van der Waals surface area contributed by atoms with Crippen LogP contribution in [-0.4, -0.2) is 22.2 Å². The van der Waals surface area contributed by atoms with Gasteiger partial charge in [0.05, 0.1) is 0 Å². The van der Waals surface area contributed by atoms with Gasteiger partial charge in [-0.15, -0.1) is 0 Å².